The van der Waals surface area contributed by atoms with Crippen molar-refractivity contribution < 1.29 is 4.74 Å². The van der Waals surface area contributed by atoms with Gasteiger partial charge in [-0.3, -0.25) is 34.1 Å². The number of fused-ring (bicyclic) bond motifs is 8. The average molecular weight is 1690 g/mol. The highest BCUT2D eigenvalue weighted by atomic mass is 35.5. The van der Waals surface area contributed by atoms with Crippen LogP contribution in [0.1, 0.15) is 178 Å². The molecule has 24 nitrogen and oxygen atoms in total. The number of nitrogens with zero attached hydrogens (tertiary/aromatic N) is 12. The zero-order chi connectivity index (χ0) is 86.7. The molecule has 3 unspecified atom stereocenters. The molecule has 1 aliphatic carbocycles. The number of anilines is 2. The Morgan fingerprint density at radius 1 is 0.488 bits per heavy atom. The third-order valence-electron chi connectivity index (χ3n) is 23.2. The average Bonchev–Trinajstić information content (AvgIpc) is 0.958. The molecular weight excluding hydrogens is 1590 g/mol. The standard InChI is InChI=1S/C25H28N4O3.C24H23ClN4O2.C24H25ClN4O.C24H26N4O2/c1-4-6-17-11-12-21-20(14-17)26-22-23(27-25(31)28-24(22)30)29(21)15-19(32-5-2)13-18-9-7-16(3)8-10-18;25-18-10-7-15(8-11-18)4-3-13-29-20-12-9-17(16-5-1-2-6-16)14-19(20)26-21-22(29)27-24(31)28-23(21)30;1-5-17-13-20-21(12-15(17)3)29(23-22(28-20)24(30)27-16(4)26-23)11-10-14(2)18-6-8-19(25)9-7-18;1-4-5-17-8-11-20-19(14-17)25-21-22(26-24(30)27-23(21)29)28(20)13-12-16(3)18-9-6-15(2)7-10-18/h7-12,14,19H,4-6,13,15H2,1-3H3,(H,28,30,31);7-12,14,16H,1-6,13H2,(H,28,30,31);6-9,12-14H,4-5,10-11H2,1-3H3,(H,27,30);6-11,14,16H,4-5,12-13H2,1-3H3,(H,27,29,30). The van der Waals surface area contributed by atoms with Crippen LogP contribution in [0.4, 0.5) is 17.2 Å². The van der Waals surface area contributed by atoms with Gasteiger partial charge in [-0.15, -0.1) is 0 Å². The highest BCUT2D eigenvalue weighted by Gasteiger charge is 2.28. The number of ether oxygens (including phenoxy) is 1. The lowest BCUT2D eigenvalue weighted by Crippen LogP contribution is -2.42. The van der Waals surface area contributed by atoms with Crippen LogP contribution in [0.2, 0.25) is 10.0 Å². The van der Waals surface area contributed by atoms with Gasteiger partial charge in [-0.1, -0.05) is 192 Å². The van der Waals surface area contributed by atoms with Crippen molar-refractivity contribution in [3.8, 4) is 34.6 Å². The molecule has 0 bridgehead atoms. The molecule has 1 saturated carbocycles. The molecule has 632 valence electrons. The molecule has 1 fully saturated rings. The van der Waals surface area contributed by atoms with E-state index in [2.05, 4.69) is 230 Å². The number of hydrogen-bond acceptors (Lipinski definition) is 17. The van der Waals surface area contributed by atoms with E-state index in [1.165, 1.54) is 75.8 Å². The summed E-state index contributed by atoms with van der Waals surface area (Å²) >= 11 is 12.0. The van der Waals surface area contributed by atoms with Crippen LogP contribution in [0.3, 0.4) is 0 Å². The minimum absolute atomic E-state index is 0.159. The van der Waals surface area contributed by atoms with E-state index in [0.717, 1.165) is 113 Å². The highest BCUT2D eigenvalue weighted by molar-refractivity contribution is 6.30. The molecule has 17 rings (SSSR count). The normalized spacial score (nSPS) is 13.2. The quantitative estimate of drug-likeness (QED) is 0.0409. The topological polar surface area (TPSA) is 312 Å². The van der Waals surface area contributed by atoms with Crippen molar-refractivity contribution in [1.82, 2.24) is 68.5 Å². The molecule has 4 N–H and O–H groups in total. The van der Waals surface area contributed by atoms with Crippen LogP contribution >= 0.6 is 23.2 Å². The molecule has 3 atom stereocenters. The number of rotatable bonds is 24. The first kappa shape index (κ1) is 86.9. The van der Waals surface area contributed by atoms with E-state index in [1.54, 1.807) is 0 Å². The van der Waals surface area contributed by atoms with Gasteiger partial charge in [-0.25, -0.2) is 39.3 Å². The lowest BCUT2D eigenvalue weighted by Gasteiger charge is -2.29. The summed E-state index contributed by atoms with van der Waals surface area (Å²) < 4.78 is 11.9. The fourth-order valence-corrected chi connectivity index (χ4v) is 16.8. The van der Waals surface area contributed by atoms with Crippen molar-refractivity contribution in [2.75, 3.05) is 18.1 Å². The van der Waals surface area contributed by atoms with E-state index in [9.17, 15) is 33.6 Å². The summed E-state index contributed by atoms with van der Waals surface area (Å²) in [7, 11) is 0. The highest BCUT2D eigenvalue weighted by Crippen LogP contribution is 2.40. The molecule has 0 amide bonds. The lowest BCUT2D eigenvalue weighted by atomic mass is 9.97. The molecule has 0 radical (unpaired) electrons. The van der Waals surface area contributed by atoms with Crippen molar-refractivity contribution in [3.05, 3.63) is 319 Å². The molecule has 123 heavy (non-hydrogen) atoms. The third kappa shape index (κ3) is 20.5. The van der Waals surface area contributed by atoms with Crippen LogP contribution in [0.5, 0.6) is 0 Å². The summed E-state index contributed by atoms with van der Waals surface area (Å²) in [6.45, 7) is 25.8. The minimum Gasteiger partial charge on any atom is -0.376 e. The van der Waals surface area contributed by atoms with Crippen LogP contribution < -0.4 is 55.0 Å². The molecule has 0 spiro atoms. The summed E-state index contributed by atoms with van der Waals surface area (Å²) in [4.78, 5) is 133. The second-order valence-corrected chi connectivity index (χ2v) is 33.0. The van der Waals surface area contributed by atoms with Crippen LogP contribution in [-0.2, 0) is 56.5 Å². The van der Waals surface area contributed by atoms with Gasteiger partial charge in [0.2, 0.25) is 0 Å². The van der Waals surface area contributed by atoms with Gasteiger partial charge in [-0.2, -0.15) is 15.0 Å². The van der Waals surface area contributed by atoms with Gasteiger partial charge in [-0.05, 0) is 226 Å². The summed E-state index contributed by atoms with van der Waals surface area (Å²) in [6.07, 6.45) is 13.7. The summed E-state index contributed by atoms with van der Waals surface area (Å²) in [5, 5.41) is 1.80. The van der Waals surface area contributed by atoms with Gasteiger partial charge >= 0.3 is 17.1 Å². The molecular formula is C97H102Cl2N16O8. The Morgan fingerprint density at radius 2 is 0.959 bits per heavy atom. The van der Waals surface area contributed by atoms with Crippen molar-refractivity contribution in [3.63, 3.8) is 0 Å². The first-order chi connectivity index (χ1) is 59.4. The molecule has 9 aromatic rings. The summed E-state index contributed by atoms with van der Waals surface area (Å²) in [5.41, 5.74) is 17.2. The smallest absolute Gasteiger partial charge is 0.349 e. The lowest BCUT2D eigenvalue weighted by molar-refractivity contribution is 0.0517. The Morgan fingerprint density at radius 3 is 1.50 bits per heavy atom. The fourth-order valence-electron chi connectivity index (χ4n) is 16.6. The molecule has 26 heteroatoms. The predicted octanol–water partition coefficient (Wildman–Crippen LogP) is 16.4. The summed E-state index contributed by atoms with van der Waals surface area (Å²) in [5.74, 6) is 2.74. The van der Waals surface area contributed by atoms with Crippen molar-refractivity contribution in [1.29, 1.82) is 0 Å². The number of halogens is 2. The maximum Gasteiger partial charge on any atom is 0.349 e. The molecule has 8 aromatic carbocycles. The molecule has 7 aliphatic heterocycles. The predicted molar refractivity (Wildman–Crippen MR) is 489 cm³/mol. The molecule has 1 aromatic heterocycles. The Hall–Kier alpha value is -12.5. The van der Waals surface area contributed by atoms with E-state index < -0.39 is 33.7 Å². The molecule has 8 heterocycles. The molecule has 8 aliphatic rings. The van der Waals surface area contributed by atoms with E-state index in [-0.39, 0.29) is 34.6 Å². The Labute approximate surface area is 721 Å². The van der Waals surface area contributed by atoms with Crippen LogP contribution in [-0.4, -0.2) is 87.8 Å². The Bertz CT molecular complexity index is 6800. The Kier molecular flexibility index (Phi) is 27.6. The van der Waals surface area contributed by atoms with Crippen molar-refractivity contribution >= 4 is 80.1 Å². The number of aryl methyl sites for hydroxylation is 9. The van der Waals surface area contributed by atoms with Gasteiger partial charge in [0, 0.05) is 42.7 Å². The number of hydrogen-bond donors (Lipinski definition) is 4. The maximum atomic E-state index is 12.6. The van der Waals surface area contributed by atoms with Gasteiger partial charge in [0.1, 0.15) is 5.48 Å². The largest absolute Gasteiger partial charge is 0.376 e. The summed E-state index contributed by atoms with van der Waals surface area (Å²) in [6, 6.07) is 55.5. The second-order valence-electron chi connectivity index (χ2n) is 32.2. The number of nitrogens with one attached hydrogen (secondary N) is 4. The van der Waals surface area contributed by atoms with Gasteiger partial charge < -0.3 is 28.3 Å². The van der Waals surface area contributed by atoms with Crippen molar-refractivity contribution in [2.24, 2.45) is 4.99 Å². The first-order valence-electron chi connectivity index (χ1n) is 42.5. The van der Waals surface area contributed by atoms with Crippen molar-refractivity contribution in [2.45, 2.75) is 196 Å². The fraction of sp³-hybridized carbons (Fsp3) is 0.330. The van der Waals surface area contributed by atoms with E-state index in [0.29, 0.717) is 95.8 Å². The van der Waals surface area contributed by atoms with Crippen LogP contribution in [0.15, 0.2) is 202 Å². The number of aromatic amines is 4. The van der Waals surface area contributed by atoms with E-state index in [4.69, 9.17) is 27.9 Å². The monoisotopic (exact) mass is 1690 g/mol. The first-order valence-corrected chi connectivity index (χ1v) is 43.3. The SMILES string of the molecule is C=c1nc2c(c(=O)[nH]1)=Nc1cc(CC)c(C)cc1N2CCC(C)c1ccc(Cl)cc1.CCCc1ccc2c(c1)nc1c(=O)[nH]c(=O)nc-1n2CC(Cc1ccc(C)cc1)OCC.CCCc1ccc2c(c1)nc1c(=O)[nH]c(=O)nc-1n2CCC(C)c1ccc(C)cc1.O=c1nc2n(CCCc3ccc(Cl)cc3)c3ccc(C4CCCC4)cc3nc-2c(=O)[nH]1. The third-order valence-corrected chi connectivity index (χ3v) is 23.7. The number of benzene rings is 8. The van der Waals surface area contributed by atoms with Gasteiger partial charge in [0.05, 0.1) is 57.1 Å². The zero-order valence-corrected chi connectivity index (χ0v) is 72.4. The van der Waals surface area contributed by atoms with Gasteiger partial charge in [0.15, 0.2) is 45.7 Å². The minimum atomic E-state index is -0.675. The van der Waals surface area contributed by atoms with Crippen LogP contribution in [0.25, 0.3) is 74.2 Å². The Balaban J connectivity index is 0.000000134. The van der Waals surface area contributed by atoms with E-state index >= 15 is 0 Å². The number of H-pyrrole nitrogens is 4. The number of aromatic nitrogens is 14. The molecule has 0 saturated heterocycles. The van der Waals surface area contributed by atoms with Gasteiger partial charge in [0.25, 0.3) is 22.2 Å². The zero-order valence-electron chi connectivity index (χ0n) is 70.9. The maximum absolute atomic E-state index is 12.6. The van der Waals surface area contributed by atoms with Crippen LogP contribution in [0, 0.1) is 20.8 Å². The van der Waals surface area contributed by atoms with E-state index in [1.807, 2.05) is 81.3 Å². The second kappa shape index (κ2) is 39.1.